The Morgan fingerprint density at radius 3 is 2.10 bits per heavy atom. The lowest BCUT2D eigenvalue weighted by molar-refractivity contribution is 0.0400. The van der Waals surface area contributed by atoms with Crippen molar-refractivity contribution in [1.29, 1.82) is 0 Å². The quantitative estimate of drug-likeness (QED) is 0.643. The maximum Gasteiger partial charge on any atom is 0.0590 e. The van der Waals surface area contributed by atoms with Crippen molar-refractivity contribution < 1.29 is 5.11 Å². The smallest absolute Gasteiger partial charge is 0.0590 e. The molecule has 1 heteroatoms. The van der Waals surface area contributed by atoms with Crippen LogP contribution in [0, 0.1) is 5.41 Å². The molecule has 1 atom stereocenters. The molecule has 0 aromatic carbocycles. The first-order valence-electron chi connectivity index (χ1n) is 4.22. The Morgan fingerprint density at radius 2 is 1.80 bits per heavy atom. The predicted octanol–water partition coefficient (Wildman–Crippen LogP) is 2.58. The highest BCUT2D eigenvalue weighted by molar-refractivity contribution is 4.75. The van der Waals surface area contributed by atoms with E-state index in [-0.39, 0.29) is 11.5 Å². The van der Waals surface area contributed by atoms with E-state index in [9.17, 15) is 5.11 Å². The van der Waals surface area contributed by atoms with Crippen molar-refractivity contribution in [2.75, 3.05) is 0 Å². The van der Waals surface area contributed by atoms with E-state index in [0.29, 0.717) is 0 Å². The largest absolute Gasteiger partial charge is 0.393 e. The van der Waals surface area contributed by atoms with Crippen molar-refractivity contribution in [3.05, 3.63) is 0 Å². The fourth-order valence-electron chi connectivity index (χ4n) is 0.900. The number of aliphatic hydroxyl groups is 1. The zero-order valence-electron chi connectivity index (χ0n) is 7.65. The summed E-state index contributed by atoms with van der Waals surface area (Å²) in [7, 11) is 0. The van der Waals surface area contributed by atoms with Gasteiger partial charge in [0.1, 0.15) is 0 Å². The van der Waals surface area contributed by atoms with Crippen LogP contribution in [0.15, 0.2) is 0 Å². The Morgan fingerprint density at radius 1 is 1.30 bits per heavy atom. The molecule has 10 heavy (non-hydrogen) atoms. The molecule has 1 N–H and O–H groups in total. The summed E-state index contributed by atoms with van der Waals surface area (Å²) in [6.07, 6.45) is 2.93. The van der Waals surface area contributed by atoms with E-state index in [2.05, 4.69) is 27.7 Å². The van der Waals surface area contributed by atoms with E-state index in [1.807, 2.05) is 0 Å². The van der Waals surface area contributed by atoms with Gasteiger partial charge in [0, 0.05) is 0 Å². The first-order valence-corrected chi connectivity index (χ1v) is 4.22. The third-order valence-electron chi connectivity index (χ3n) is 2.38. The molecule has 0 aliphatic rings. The third-order valence-corrected chi connectivity index (χ3v) is 2.38. The molecule has 0 aliphatic heterocycles. The van der Waals surface area contributed by atoms with Gasteiger partial charge in [-0.1, -0.05) is 34.1 Å². The highest BCUT2D eigenvalue weighted by Crippen LogP contribution is 2.27. The fourth-order valence-corrected chi connectivity index (χ4v) is 0.900. The number of hydrogen-bond acceptors (Lipinski definition) is 1. The Balaban J connectivity index is 3.78. The summed E-state index contributed by atoms with van der Waals surface area (Å²) >= 11 is 0. The van der Waals surface area contributed by atoms with Gasteiger partial charge in [0.2, 0.25) is 0 Å². The van der Waals surface area contributed by atoms with Crippen LogP contribution in [0.25, 0.3) is 0 Å². The normalized spacial score (nSPS) is 15.3. The minimum atomic E-state index is -0.123. The lowest BCUT2D eigenvalue weighted by atomic mass is 9.82. The van der Waals surface area contributed by atoms with Gasteiger partial charge in [-0.3, -0.25) is 0 Å². The molecule has 0 saturated heterocycles. The average Bonchev–Trinajstić information content (AvgIpc) is 1.89. The average molecular weight is 144 g/mol. The van der Waals surface area contributed by atoms with Crippen LogP contribution in [0.2, 0.25) is 0 Å². The maximum absolute atomic E-state index is 9.58. The zero-order valence-corrected chi connectivity index (χ0v) is 7.65. The topological polar surface area (TPSA) is 20.2 Å². The second kappa shape index (κ2) is 3.97. The van der Waals surface area contributed by atoms with E-state index in [1.165, 1.54) is 0 Å². The first-order chi connectivity index (χ1) is 4.54. The van der Waals surface area contributed by atoms with Gasteiger partial charge < -0.3 is 5.11 Å². The number of hydrogen-bond donors (Lipinski definition) is 1. The molecule has 0 amide bonds. The molecule has 62 valence electrons. The molecule has 0 aromatic rings. The summed E-state index contributed by atoms with van der Waals surface area (Å²) in [4.78, 5) is 0. The highest BCUT2D eigenvalue weighted by atomic mass is 16.3. The summed E-state index contributed by atoms with van der Waals surface area (Å²) < 4.78 is 0. The fraction of sp³-hybridized carbons (Fsp3) is 1.00. The first kappa shape index (κ1) is 9.96. The molecule has 0 rings (SSSR count). The maximum atomic E-state index is 9.58. The van der Waals surface area contributed by atoms with E-state index in [1.54, 1.807) is 0 Å². The highest BCUT2D eigenvalue weighted by Gasteiger charge is 2.24. The molecular weight excluding hydrogens is 124 g/mol. The predicted molar refractivity (Wildman–Crippen MR) is 45.0 cm³/mol. The third kappa shape index (κ3) is 2.70. The lowest BCUT2D eigenvalue weighted by Crippen LogP contribution is -2.28. The Labute approximate surface area is 64.5 Å². The van der Waals surface area contributed by atoms with Gasteiger partial charge in [-0.2, -0.15) is 0 Å². The van der Waals surface area contributed by atoms with E-state index in [0.717, 1.165) is 19.3 Å². The van der Waals surface area contributed by atoms with Crippen LogP contribution < -0.4 is 0 Å². The number of aliphatic hydroxyl groups excluding tert-OH is 1. The molecule has 0 radical (unpaired) electrons. The second-order valence-electron chi connectivity index (χ2n) is 3.65. The van der Waals surface area contributed by atoms with Crippen LogP contribution in [0.3, 0.4) is 0 Å². The van der Waals surface area contributed by atoms with Gasteiger partial charge in [-0.25, -0.2) is 0 Å². The monoisotopic (exact) mass is 144 g/mol. The van der Waals surface area contributed by atoms with Crippen LogP contribution in [0.1, 0.15) is 47.0 Å². The van der Waals surface area contributed by atoms with Crippen molar-refractivity contribution in [2.24, 2.45) is 5.41 Å². The Hall–Kier alpha value is -0.0400. The molecule has 1 nitrogen and oxygen atoms in total. The van der Waals surface area contributed by atoms with Crippen LogP contribution in [0.5, 0.6) is 0 Å². The van der Waals surface area contributed by atoms with Crippen molar-refractivity contribution in [3.63, 3.8) is 0 Å². The summed E-state index contributed by atoms with van der Waals surface area (Å²) in [5.41, 5.74) is 0.107. The van der Waals surface area contributed by atoms with Crippen molar-refractivity contribution in [3.8, 4) is 0 Å². The van der Waals surface area contributed by atoms with Crippen molar-refractivity contribution >= 4 is 0 Å². The van der Waals surface area contributed by atoms with Crippen LogP contribution >= 0.6 is 0 Å². The summed E-state index contributed by atoms with van der Waals surface area (Å²) in [5, 5.41) is 9.58. The van der Waals surface area contributed by atoms with Crippen LogP contribution in [-0.2, 0) is 0 Å². The van der Waals surface area contributed by atoms with Crippen molar-refractivity contribution in [1.82, 2.24) is 0 Å². The lowest BCUT2D eigenvalue weighted by Gasteiger charge is -2.28. The van der Waals surface area contributed by atoms with E-state index in [4.69, 9.17) is 0 Å². The summed E-state index contributed by atoms with van der Waals surface area (Å²) in [6, 6.07) is 0. The van der Waals surface area contributed by atoms with Gasteiger partial charge in [0.25, 0.3) is 0 Å². The van der Waals surface area contributed by atoms with Gasteiger partial charge in [-0.05, 0) is 18.3 Å². The Bertz CT molecular complexity index is 86.7. The number of rotatable bonds is 4. The summed E-state index contributed by atoms with van der Waals surface area (Å²) in [5.74, 6) is 0. The molecule has 0 bridgehead atoms. The van der Waals surface area contributed by atoms with Crippen molar-refractivity contribution in [2.45, 2.75) is 53.1 Å². The molecule has 0 aromatic heterocycles. The zero-order chi connectivity index (χ0) is 8.20. The minimum absolute atomic E-state index is 0.107. The molecule has 1 unspecified atom stereocenters. The SMILES string of the molecule is CCCC(O)C(C)(C)CC. The molecule has 0 heterocycles. The molecular formula is C9H20O. The molecule has 0 saturated carbocycles. The second-order valence-corrected chi connectivity index (χ2v) is 3.65. The van der Waals surface area contributed by atoms with Gasteiger partial charge in [0.05, 0.1) is 6.10 Å². The van der Waals surface area contributed by atoms with Gasteiger partial charge in [0.15, 0.2) is 0 Å². The van der Waals surface area contributed by atoms with Crippen LogP contribution in [0.4, 0.5) is 0 Å². The van der Waals surface area contributed by atoms with E-state index < -0.39 is 0 Å². The van der Waals surface area contributed by atoms with Crippen LogP contribution in [-0.4, -0.2) is 11.2 Å². The van der Waals surface area contributed by atoms with Gasteiger partial charge >= 0.3 is 0 Å². The standard InChI is InChI=1S/C9H20O/c1-5-7-8(10)9(3,4)6-2/h8,10H,5-7H2,1-4H3. The van der Waals surface area contributed by atoms with Gasteiger partial charge in [-0.15, -0.1) is 0 Å². The molecule has 0 spiro atoms. The summed E-state index contributed by atoms with van der Waals surface area (Å²) in [6.45, 7) is 8.47. The minimum Gasteiger partial charge on any atom is -0.393 e. The molecule has 0 aliphatic carbocycles. The molecule has 0 fully saturated rings. The van der Waals surface area contributed by atoms with E-state index >= 15 is 0 Å². The Kier molecular flexibility index (Phi) is 3.95.